The lowest BCUT2D eigenvalue weighted by Crippen LogP contribution is -2.41. The fraction of sp³-hybridized carbons (Fsp3) is 0.467. The van der Waals surface area contributed by atoms with Crippen molar-refractivity contribution >= 4 is 17.6 Å². The molecule has 0 atom stereocenters. The molecule has 1 aromatic rings. The molecule has 114 valence electrons. The van der Waals surface area contributed by atoms with Crippen LogP contribution in [0.3, 0.4) is 0 Å². The van der Waals surface area contributed by atoms with Crippen LogP contribution in [-0.2, 0) is 9.59 Å². The number of aliphatic carboxylic acids is 1. The summed E-state index contributed by atoms with van der Waals surface area (Å²) in [6.07, 6.45) is 1.95. The molecule has 21 heavy (non-hydrogen) atoms. The van der Waals surface area contributed by atoms with Crippen LogP contribution < -0.4 is 14.8 Å². The van der Waals surface area contributed by atoms with Gasteiger partial charge in [-0.3, -0.25) is 9.59 Å². The highest BCUT2D eigenvalue weighted by atomic mass is 16.5. The van der Waals surface area contributed by atoms with Gasteiger partial charge in [0.2, 0.25) is 5.91 Å². The summed E-state index contributed by atoms with van der Waals surface area (Å²) in [5, 5.41) is 12.0. The van der Waals surface area contributed by atoms with Crippen molar-refractivity contribution in [1.29, 1.82) is 0 Å². The quantitative estimate of drug-likeness (QED) is 0.840. The van der Waals surface area contributed by atoms with Crippen LogP contribution in [0.5, 0.6) is 11.5 Å². The Hall–Kier alpha value is -2.24. The van der Waals surface area contributed by atoms with E-state index in [9.17, 15) is 14.7 Å². The van der Waals surface area contributed by atoms with Gasteiger partial charge in [-0.25, -0.2) is 0 Å². The molecule has 1 saturated carbocycles. The van der Waals surface area contributed by atoms with Crippen LogP contribution in [-0.4, -0.2) is 31.2 Å². The summed E-state index contributed by atoms with van der Waals surface area (Å²) in [4.78, 5) is 23.3. The zero-order valence-corrected chi connectivity index (χ0v) is 12.1. The Morgan fingerprint density at radius 3 is 2.14 bits per heavy atom. The molecule has 0 radical (unpaired) electrons. The largest absolute Gasteiger partial charge is 0.497 e. The Balaban J connectivity index is 2.07. The second kappa shape index (κ2) is 6.03. The lowest BCUT2D eigenvalue weighted by atomic mass is 9.66. The maximum Gasteiger partial charge on any atom is 0.310 e. The zero-order chi connectivity index (χ0) is 15.5. The minimum atomic E-state index is -0.896. The summed E-state index contributed by atoms with van der Waals surface area (Å²) in [7, 11) is 3.04. The zero-order valence-electron chi connectivity index (χ0n) is 12.1. The average molecular weight is 293 g/mol. The molecule has 2 N–H and O–H groups in total. The van der Waals surface area contributed by atoms with Crippen molar-refractivity contribution in [3.8, 4) is 11.5 Å². The third-order valence-corrected chi connectivity index (χ3v) is 3.90. The third-order valence-electron chi connectivity index (χ3n) is 3.90. The number of rotatable bonds is 6. The van der Waals surface area contributed by atoms with Gasteiger partial charge in [0.15, 0.2) is 0 Å². The summed E-state index contributed by atoms with van der Waals surface area (Å²) in [5.41, 5.74) is -0.372. The van der Waals surface area contributed by atoms with Crippen molar-refractivity contribution in [3.63, 3.8) is 0 Å². The summed E-state index contributed by atoms with van der Waals surface area (Å²) >= 11 is 0. The average Bonchev–Trinajstić information content (AvgIpc) is 2.41. The monoisotopic (exact) mass is 293 g/mol. The Labute approximate surface area is 123 Å². The number of methoxy groups -OCH3 is 2. The molecule has 0 bridgehead atoms. The number of ether oxygens (including phenoxy) is 2. The van der Waals surface area contributed by atoms with Gasteiger partial charge in [-0.2, -0.15) is 0 Å². The minimum Gasteiger partial charge on any atom is -0.497 e. The smallest absolute Gasteiger partial charge is 0.310 e. The van der Waals surface area contributed by atoms with Crippen molar-refractivity contribution < 1.29 is 24.2 Å². The maximum absolute atomic E-state index is 12.1. The normalized spacial score (nSPS) is 15.7. The molecule has 2 rings (SSSR count). The van der Waals surface area contributed by atoms with Crippen LogP contribution in [0.2, 0.25) is 0 Å². The molecule has 0 aliphatic heterocycles. The van der Waals surface area contributed by atoms with Gasteiger partial charge in [0, 0.05) is 30.3 Å². The van der Waals surface area contributed by atoms with Crippen molar-refractivity contribution in [1.82, 2.24) is 0 Å². The van der Waals surface area contributed by atoms with E-state index in [0.717, 1.165) is 6.42 Å². The van der Waals surface area contributed by atoms with Crippen LogP contribution >= 0.6 is 0 Å². The van der Waals surface area contributed by atoms with Gasteiger partial charge in [-0.05, 0) is 12.8 Å². The second-order valence-corrected chi connectivity index (χ2v) is 5.27. The predicted octanol–water partition coefficient (Wildman–Crippen LogP) is 2.29. The van der Waals surface area contributed by atoms with Crippen LogP contribution in [0.4, 0.5) is 5.69 Å². The van der Waals surface area contributed by atoms with Gasteiger partial charge in [-0.15, -0.1) is 0 Å². The molecule has 0 aromatic heterocycles. The van der Waals surface area contributed by atoms with Crippen molar-refractivity contribution in [2.45, 2.75) is 25.7 Å². The highest BCUT2D eigenvalue weighted by molar-refractivity contribution is 5.94. The first-order chi connectivity index (χ1) is 9.99. The van der Waals surface area contributed by atoms with Crippen LogP contribution in [0.1, 0.15) is 25.7 Å². The first-order valence-corrected chi connectivity index (χ1v) is 6.75. The molecule has 1 aliphatic rings. The lowest BCUT2D eigenvalue weighted by molar-refractivity contribution is -0.157. The van der Waals surface area contributed by atoms with Gasteiger partial charge in [0.1, 0.15) is 11.5 Å². The van der Waals surface area contributed by atoms with Gasteiger partial charge in [0.05, 0.1) is 19.6 Å². The molecule has 1 aliphatic carbocycles. The van der Waals surface area contributed by atoms with Gasteiger partial charge in [-0.1, -0.05) is 6.42 Å². The standard InChI is InChI=1S/C15H19NO5/c1-20-11-6-10(7-12(8-11)21-2)16-13(17)9-15(14(18)19)4-3-5-15/h6-8H,3-5,9H2,1-2H3,(H,16,17)(H,18,19). The maximum atomic E-state index is 12.1. The van der Waals surface area contributed by atoms with E-state index in [-0.39, 0.29) is 12.3 Å². The first-order valence-electron chi connectivity index (χ1n) is 6.75. The second-order valence-electron chi connectivity index (χ2n) is 5.27. The fourth-order valence-corrected chi connectivity index (χ4v) is 2.46. The Morgan fingerprint density at radius 1 is 1.19 bits per heavy atom. The minimum absolute atomic E-state index is 0.0120. The van der Waals surface area contributed by atoms with Crippen molar-refractivity contribution in [3.05, 3.63) is 18.2 Å². The highest BCUT2D eigenvalue weighted by Crippen LogP contribution is 2.44. The van der Waals surface area contributed by atoms with E-state index in [1.54, 1.807) is 18.2 Å². The third kappa shape index (κ3) is 3.26. The molecule has 0 heterocycles. The van der Waals surface area contributed by atoms with E-state index in [1.165, 1.54) is 14.2 Å². The van der Waals surface area contributed by atoms with E-state index in [2.05, 4.69) is 5.32 Å². The van der Waals surface area contributed by atoms with Crippen LogP contribution in [0.25, 0.3) is 0 Å². The van der Waals surface area contributed by atoms with Crippen molar-refractivity contribution in [2.24, 2.45) is 5.41 Å². The first kappa shape index (κ1) is 15.2. The Bertz CT molecular complexity index is 529. The molecule has 6 heteroatoms. The number of hydrogen-bond acceptors (Lipinski definition) is 4. The van der Waals surface area contributed by atoms with Crippen LogP contribution in [0.15, 0.2) is 18.2 Å². The van der Waals surface area contributed by atoms with E-state index in [0.29, 0.717) is 30.0 Å². The number of hydrogen-bond donors (Lipinski definition) is 2. The molecule has 0 spiro atoms. The number of carbonyl (C=O) groups is 2. The Morgan fingerprint density at radius 2 is 1.76 bits per heavy atom. The van der Waals surface area contributed by atoms with Gasteiger partial charge in [0.25, 0.3) is 0 Å². The molecular formula is C15H19NO5. The summed E-state index contributed by atoms with van der Waals surface area (Å²) < 4.78 is 10.2. The van der Waals surface area contributed by atoms with Gasteiger partial charge < -0.3 is 19.9 Å². The SMILES string of the molecule is COc1cc(NC(=O)CC2(C(=O)O)CCC2)cc(OC)c1. The number of carboxylic acids is 1. The molecule has 1 fully saturated rings. The number of carbonyl (C=O) groups excluding carboxylic acids is 1. The lowest BCUT2D eigenvalue weighted by Gasteiger charge is -2.36. The highest BCUT2D eigenvalue weighted by Gasteiger charge is 2.45. The molecule has 0 saturated heterocycles. The van der Waals surface area contributed by atoms with Crippen molar-refractivity contribution in [2.75, 3.05) is 19.5 Å². The van der Waals surface area contributed by atoms with Gasteiger partial charge >= 0.3 is 5.97 Å². The number of nitrogens with one attached hydrogen (secondary N) is 1. The topological polar surface area (TPSA) is 84.9 Å². The number of benzene rings is 1. The molecule has 0 unspecified atom stereocenters. The van der Waals surface area contributed by atoms with E-state index >= 15 is 0 Å². The predicted molar refractivity (Wildman–Crippen MR) is 76.7 cm³/mol. The summed E-state index contributed by atoms with van der Waals surface area (Å²) in [5.74, 6) is -0.0954. The molecule has 6 nitrogen and oxygen atoms in total. The number of carboxylic acid groups (broad SMARTS) is 1. The van der Waals surface area contributed by atoms with E-state index in [1.807, 2.05) is 0 Å². The summed E-state index contributed by atoms with van der Waals surface area (Å²) in [6.45, 7) is 0. The molecular weight excluding hydrogens is 274 g/mol. The van der Waals surface area contributed by atoms with E-state index < -0.39 is 11.4 Å². The van der Waals surface area contributed by atoms with E-state index in [4.69, 9.17) is 9.47 Å². The molecule has 1 amide bonds. The molecule has 1 aromatic carbocycles. The number of anilines is 1. The number of amides is 1. The van der Waals surface area contributed by atoms with Crippen LogP contribution in [0, 0.1) is 5.41 Å². The fourth-order valence-electron chi connectivity index (χ4n) is 2.46. The summed E-state index contributed by atoms with van der Waals surface area (Å²) in [6, 6.07) is 5.02. The Kier molecular flexibility index (Phi) is 4.35.